The molecule has 2 rings (SSSR count). The minimum atomic E-state index is -1.20. The van der Waals surface area contributed by atoms with Gasteiger partial charge in [0.2, 0.25) is 11.8 Å². The molecule has 0 bridgehead atoms. The number of carbonyl (C=O) groups is 3. The van der Waals surface area contributed by atoms with E-state index in [-0.39, 0.29) is 24.2 Å². The number of Topliss-reactive ketones (excluding diaryl/α,β-unsaturated/α-hetero) is 1. The lowest BCUT2D eigenvalue weighted by Gasteiger charge is -2.18. The molecule has 2 aromatic rings. The number of carbonyl (C=O) groups excluding carboxylic acids is 3. The molecule has 0 fully saturated rings. The van der Waals surface area contributed by atoms with Crippen molar-refractivity contribution in [1.29, 1.82) is 0 Å². The number of likely N-dealkylation sites (N-methyl/N-ethyl adjacent to an activating group) is 1. The van der Waals surface area contributed by atoms with Crippen LogP contribution >= 0.6 is 22.9 Å². The number of rotatable bonds is 7. The molecule has 138 valence electrons. The number of amides is 2. The second-order valence-electron chi connectivity index (χ2n) is 5.32. The molecule has 0 radical (unpaired) electrons. The van der Waals surface area contributed by atoms with Gasteiger partial charge in [-0.25, -0.2) is 8.78 Å². The van der Waals surface area contributed by atoms with Crippen molar-refractivity contribution in [3.63, 3.8) is 0 Å². The molecule has 26 heavy (non-hydrogen) atoms. The molecule has 1 unspecified atom stereocenters. The van der Waals surface area contributed by atoms with Gasteiger partial charge in [-0.15, -0.1) is 11.3 Å². The standard InChI is InChI=1S/C17H15ClF2N2O3S/c1-21-17(25)16(9-2-3-10(19)11(20)8-9)22-15(24)7-4-12(23)13-5-6-14(18)26-13/h2-3,5-6,8,16H,4,7H2,1H3,(H,21,25)(H,22,24). The zero-order chi connectivity index (χ0) is 19.3. The molecule has 0 saturated carbocycles. The molecule has 9 heteroatoms. The molecule has 1 atom stereocenters. The SMILES string of the molecule is CNC(=O)C(NC(=O)CCC(=O)c1ccc(Cl)s1)c1ccc(F)c(F)c1. The molecule has 1 aromatic heterocycles. The predicted molar refractivity (Wildman–Crippen MR) is 94.2 cm³/mol. The molecular formula is C17H15ClF2N2O3S. The van der Waals surface area contributed by atoms with Gasteiger partial charge in [0.25, 0.3) is 0 Å². The molecule has 0 aliphatic rings. The van der Waals surface area contributed by atoms with Gasteiger partial charge in [-0.05, 0) is 29.8 Å². The summed E-state index contributed by atoms with van der Waals surface area (Å²) in [5.41, 5.74) is 0.0907. The third-order valence-electron chi connectivity index (χ3n) is 3.52. The first-order valence-electron chi connectivity index (χ1n) is 7.56. The maximum Gasteiger partial charge on any atom is 0.246 e. The Kier molecular flexibility index (Phi) is 6.82. The number of halogens is 3. The Labute approximate surface area is 157 Å². The van der Waals surface area contributed by atoms with Crippen LogP contribution in [-0.4, -0.2) is 24.6 Å². The minimum Gasteiger partial charge on any atom is -0.357 e. The smallest absolute Gasteiger partial charge is 0.246 e. The number of ketones is 1. The summed E-state index contributed by atoms with van der Waals surface area (Å²) in [5.74, 6) is -3.60. The van der Waals surface area contributed by atoms with Crippen molar-refractivity contribution in [3.05, 3.63) is 56.7 Å². The first kappa shape index (κ1) is 20.0. The average Bonchev–Trinajstić information content (AvgIpc) is 3.06. The third-order valence-corrected chi connectivity index (χ3v) is 4.79. The molecule has 2 N–H and O–H groups in total. The van der Waals surface area contributed by atoms with Crippen molar-refractivity contribution in [1.82, 2.24) is 10.6 Å². The van der Waals surface area contributed by atoms with Gasteiger partial charge in [0, 0.05) is 19.9 Å². The average molecular weight is 401 g/mol. The first-order chi connectivity index (χ1) is 12.3. The lowest BCUT2D eigenvalue weighted by molar-refractivity contribution is -0.128. The maximum atomic E-state index is 13.4. The summed E-state index contributed by atoms with van der Waals surface area (Å²) in [7, 11) is 1.35. The zero-order valence-corrected chi connectivity index (χ0v) is 15.2. The molecule has 5 nitrogen and oxygen atoms in total. The van der Waals surface area contributed by atoms with E-state index in [0.29, 0.717) is 9.21 Å². The molecule has 1 heterocycles. The van der Waals surface area contributed by atoms with Gasteiger partial charge in [0.1, 0.15) is 6.04 Å². The summed E-state index contributed by atoms with van der Waals surface area (Å²) >= 11 is 6.88. The highest BCUT2D eigenvalue weighted by atomic mass is 35.5. The zero-order valence-electron chi connectivity index (χ0n) is 13.6. The number of nitrogens with one attached hydrogen (secondary N) is 2. The Morgan fingerprint density at radius 2 is 1.85 bits per heavy atom. The molecule has 0 aliphatic carbocycles. The van der Waals surface area contributed by atoms with Crippen LogP contribution in [0.15, 0.2) is 30.3 Å². The van der Waals surface area contributed by atoms with E-state index < -0.39 is 29.5 Å². The topological polar surface area (TPSA) is 75.3 Å². The molecule has 0 saturated heterocycles. The van der Waals surface area contributed by atoms with Gasteiger partial charge < -0.3 is 10.6 Å². The summed E-state index contributed by atoms with van der Waals surface area (Å²) in [6, 6.07) is 4.88. The van der Waals surface area contributed by atoms with Crippen molar-refractivity contribution >= 4 is 40.5 Å². The quantitative estimate of drug-likeness (QED) is 0.700. The number of thiophene rings is 1. The van der Waals surface area contributed by atoms with Gasteiger partial charge in [-0.3, -0.25) is 14.4 Å². The van der Waals surface area contributed by atoms with Gasteiger partial charge in [-0.1, -0.05) is 17.7 Å². The lowest BCUT2D eigenvalue weighted by atomic mass is 10.0. The summed E-state index contributed by atoms with van der Waals surface area (Å²) in [6.45, 7) is 0. The Hall–Kier alpha value is -2.32. The largest absolute Gasteiger partial charge is 0.357 e. The van der Waals surface area contributed by atoms with Crippen molar-refractivity contribution in [2.75, 3.05) is 7.05 Å². The van der Waals surface area contributed by atoms with Crippen LogP contribution in [0.25, 0.3) is 0 Å². The number of hydrogen-bond donors (Lipinski definition) is 2. The van der Waals surface area contributed by atoms with Crippen LogP contribution < -0.4 is 10.6 Å². The monoisotopic (exact) mass is 400 g/mol. The fraction of sp³-hybridized carbons (Fsp3) is 0.235. The third kappa shape index (κ3) is 5.09. The number of benzene rings is 1. The fourth-order valence-electron chi connectivity index (χ4n) is 2.18. The van der Waals surface area contributed by atoms with Crippen LogP contribution in [0.3, 0.4) is 0 Å². The summed E-state index contributed by atoms with van der Waals surface area (Å²) < 4.78 is 27.0. The second-order valence-corrected chi connectivity index (χ2v) is 7.03. The van der Waals surface area contributed by atoms with Crippen molar-refractivity contribution in [2.45, 2.75) is 18.9 Å². The van der Waals surface area contributed by atoms with Crippen LogP contribution in [-0.2, 0) is 9.59 Å². The normalized spacial score (nSPS) is 11.7. The first-order valence-corrected chi connectivity index (χ1v) is 8.75. The predicted octanol–water partition coefficient (Wildman–Crippen LogP) is 3.25. The van der Waals surface area contributed by atoms with Gasteiger partial charge in [0.05, 0.1) is 9.21 Å². The van der Waals surface area contributed by atoms with E-state index >= 15 is 0 Å². The van der Waals surface area contributed by atoms with Crippen molar-refractivity contribution < 1.29 is 23.2 Å². The summed E-state index contributed by atoms with van der Waals surface area (Å²) in [5, 5.41) is 4.77. The molecule has 2 amide bonds. The Morgan fingerprint density at radius 3 is 2.42 bits per heavy atom. The second kappa shape index (κ2) is 8.86. The minimum absolute atomic E-state index is 0.0685. The van der Waals surface area contributed by atoms with Crippen LogP contribution in [0.1, 0.15) is 34.1 Å². The van der Waals surface area contributed by atoms with Crippen LogP contribution in [0, 0.1) is 11.6 Å². The van der Waals surface area contributed by atoms with E-state index in [2.05, 4.69) is 10.6 Å². The highest BCUT2D eigenvalue weighted by Gasteiger charge is 2.23. The Morgan fingerprint density at radius 1 is 1.12 bits per heavy atom. The lowest BCUT2D eigenvalue weighted by Crippen LogP contribution is -2.39. The van der Waals surface area contributed by atoms with E-state index in [0.717, 1.165) is 23.5 Å². The van der Waals surface area contributed by atoms with E-state index in [1.807, 2.05) is 0 Å². The van der Waals surface area contributed by atoms with Crippen molar-refractivity contribution in [2.24, 2.45) is 0 Å². The van der Waals surface area contributed by atoms with Gasteiger partial charge >= 0.3 is 0 Å². The molecule has 0 spiro atoms. The molecule has 1 aromatic carbocycles. The van der Waals surface area contributed by atoms with Crippen LogP contribution in [0.2, 0.25) is 4.34 Å². The highest BCUT2D eigenvalue weighted by Crippen LogP contribution is 2.23. The van der Waals surface area contributed by atoms with Crippen LogP contribution in [0.4, 0.5) is 8.78 Å². The summed E-state index contributed by atoms with van der Waals surface area (Å²) in [6.07, 6.45) is -0.230. The number of hydrogen-bond acceptors (Lipinski definition) is 4. The highest BCUT2D eigenvalue weighted by molar-refractivity contribution is 7.18. The van der Waals surface area contributed by atoms with Crippen molar-refractivity contribution in [3.8, 4) is 0 Å². The maximum absolute atomic E-state index is 13.4. The Balaban J connectivity index is 2.03. The Bertz CT molecular complexity index is 841. The van der Waals surface area contributed by atoms with Gasteiger partial charge in [-0.2, -0.15) is 0 Å². The molecule has 0 aliphatic heterocycles. The van der Waals surface area contributed by atoms with E-state index in [9.17, 15) is 23.2 Å². The van der Waals surface area contributed by atoms with E-state index in [1.54, 1.807) is 12.1 Å². The van der Waals surface area contributed by atoms with Gasteiger partial charge in [0.15, 0.2) is 17.4 Å². The van der Waals surface area contributed by atoms with E-state index in [4.69, 9.17) is 11.6 Å². The fourth-order valence-corrected chi connectivity index (χ4v) is 3.19. The van der Waals surface area contributed by atoms with E-state index in [1.165, 1.54) is 13.1 Å². The van der Waals surface area contributed by atoms with Crippen LogP contribution in [0.5, 0.6) is 0 Å². The summed E-state index contributed by atoms with van der Waals surface area (Å²) in [4.78, 5) is 36.5. The molecular weight excluding hydrogens is 386 g/mol.